The average Bonchev–Trinajstić information content (AvgIpc) is 3.25. The van der Waals surface area contributed by atoms with E-state index in [0.29, 0.717) is 30.7 Å². The zero-order chi connectivity index (χ0) is 17.4. The summed E-state index contributed by atoms with van der Waals surface area (Å²) in [6, 6.07) is 0. The second-order valence-electron chi connectivity index (χ2n) is 6.68. The Morgan fingerprint density at radius 3 is 3.04 bits per heavy atom. The Morgan fingerprint density at radius 2 is 2.24 bits per heavy atom. The van der Waals surface area contributed by atoms with Crippen molar-refractivity contribution in [3.8, 4) is 0 Å². The predicted octanol–water partition coefficient (Wildman–Crippen LogP) is 1.18. The lowest BCUT2D eigenvalue weighted by Gasteiger charge is -2.32. The third kappa shape index (κ3) is 3.10. The van der Waals surface area contributed by atoms with Crippen LogP contribution in [0.25, 0.3) is 0 Å². The summed E-state index contributed by atoms with van der Waals surface area (Å²) in [4.78, 5) is 35.9. The van der Waals surface area contributed by atoms with E-state index in [4.69, 9.17) is 0 Å². The van der Waals surface area contributed by atoms with Crippen LogP contribution >= 0.6 is 11.8 Å². The molecule has 1 saturated heterocycles. The molecule has 0 aliphatic carbocycles. The highest BCUT2D eigenvalue weighted by Gasteiger charge is 2.28. The maximum Gasteiger partial charge on any atom is 0.267 e. The summed E-state index contributed by atoms with van der Waals surface area (Å²) in [6.45, 7) is 2.00. The van der Waals surface area contributed by atoms with Gasteiger partial charge in [0.15, 0.2) is 5.16 Å². The smallest absolute Gasteiger partial charge is 0.267 e. The number of nitrogens with zero attached hydrogens (tertiary/aromatic N) is 5. The van der Waals surface area contributed by atoms with Crippen LogP contribution in [0.3, 0.4) is 0 Å². The first-order chi connectivity index (χ1) is 12.1. The molecule has 7 nitrogen and oxygen atoms in total. The van der Waals surface area contributed by atoms with Crippen molar-refractivity contribution in [3.63, 3.8) is 0 Å². The number of imidazole rings is 1. The summed E-state index contributed by atoms with van der Waals surface area (Å²) in [6.07, 6.45) is 8.08. The average molecular weight is 359 g/mol. The van der Waals surface area contributed by atoms with Gasteiger partial charge in [0.2, 0.25) is 0 Å². The van der Waals surface area contributed by atoms with E-state index >= 15 is 0 Å². The van der Waals surface area contributed by atoms with E-state index in [9.17, 15) is 9.59 Å². The van der Waals surface area contributed by atoms with Gasteiger partial charge in [0.05, 0.1) is 0 Å². The molecule has 1 unspecified atom stereocenters. The number of carbonyl (C=O) groups excluding carboxylic acids is 1. The number of rotatable bonds is 3. The first-order valence-corrected chi connectivity index (χ1v) is 9.60. The molecule has 0 bridgehead atoms. The van der Waals surface area contributed by atoms with Crippen molar-refractivity contribution in [3.05, 3.63) is 40.3 Å². The normalized spacial score (nSPS) is 19.9. The molecule has 132 valence electrons. The van der Waals surface area contributed by atoms with Crippen molar-refractivity contribution in [2.24, 2.45) is 13.0 Å². The fourth-order valence-electron chi connectivity index (χ4n) is 3.60. The second kappa shape index (κ2) is 6.67. The van der Waals surface area contributed by atoms with E-state index in [1.807, 2.05) is 22.7 Å². The van der Waals surface area contributed by atoms with Crippen LogP contribution in [0.4, 0.5) is 0 Å². The summed E-state index contributed by atoms with van der Waals surface area (Å²) >= 11 is 1.56. The second-order valence-corrected chi connectivity index (χ2v) is 7.74. The molecule has 2 aromatic heterocycles. The van der Waals surface area contributed by atoms with Crippen molar-refractivity contribution < 1.29 is 4.79 Å². The number of thioether (sulfide) groups is 1. The molecule has 1 fully saturated rings. The van der Waals surface area contributed by atoms with Gasteiger partial charge in [-0.05, 0) is 18.8 Å². The molecule has 0 aromatic carbocycles. The fraction of sp³-hybridized carbons (Fsp3) is 0.529. The molecule has 8 heteroatoms. The van der Waals surface area contributed by atoms with E-state index in [1.165, 1.54) is 6.20 Å². The van der Waals surface area contributed by atoms with Crippen LogP contribution in [0.2, 0.25) is 0 Å². The molecule has 4 rings (SSSR count). The summed E-state index contributed by atoms with van der Waals surface area (Å²) in [5, 5.41) is 0.716. The van der Waals surface area contributed by atoms with Gasteiger partial charge in [-0.1, -0.05) is 11.8 Å². The Labute approximate surface area is 150 Å². The molecule has 1 amide bonds. The van der Waals surface area contributed by atoms with Crippen molar-refractivity contribution in [1.29, 1.82) is 0 Å². The lowest BCUT2D eigenvalue weighted by molar-refractivity contribution is 0.0668. The van der Waals surface area contributed by atoms with Crippen LogP contribution < -0.4 is 5.56 Å². The number of hydrogen-bond acceptors (Lipinski definition) is 5. The van der Waals surface area contributed by atoms with Crippen molar-refractivity contribution >= 4 is 17.7 Å². The highest BCUT2D eigenvalue weighted by atomic mass is 32.2. The van der Waals surface area contributed by atoms with E-state index in [2.05, 4.69) is 9.97 Å². The molecule has 0 saturated carbocycles. The minimum atomic E-state index is -0.203. The summed E-state index contributed by atoms with van der Waals surface area (Å²) < 4.78 is 3.64. The molecule has 25 heavy (non-hydrogen) atoms. The Kier molecular flexibility index (Phi) is 4.37. The van der Waals surface area contributed by atoms with Gasteiger partial charge in [-0.15, -0.1) is 0 Å². The van der Waals surface area contributed by atoms with Crippen LogP contribution in [0.1, 0.15) is 29.0 Å². The van der Waals surface area contributed by atoms with Gasteiger partial charge in [0.1, 0.15) is 11.4 Å². The molecule has 2 aliphatic rings. The number of carbonyl (C=O) groups is 1. The van der Waals surface area contributed by atoms with Crippen LogP contribution in [0, 0.1) is 5.92 Å². The van der Waals surface area contributed by atoms with Crippen LogP contribution in [0.5, 0.6) is 0 Å². The lowest BCUT2D eigenvalue weighted by atomic mass is 9.94. The largest absolute Gasteiger partial charge is 0.338 e. The molecule has 2 aromatic rings. The van der Waals surface area contributed by atoms with Crippen molar-refractivity contribution in [1.82, 2.24) is 24.0 Å². The number of amides is 1. The molecular weight excluding hydrogens is 338 g/mol. The van der Waals surface area contributed by atoms with E-state index in [-0.39, 0.29) is 17.0 Å². The van der Waals surface area contributed by atoms with E-state index in [0.717, 1.165) is 30.8 Å². The van der Waals surface area contributed by atoms with Gasteiger partial charge in [0, 0.05) is 57.4 Å². The number of aryl methyl sites for hydroxylation is 1. The molecule has 0 N–H and O–H groups in total. The summed E-state index contributed by atoms with van der Waals surface area (Å²) in [5.41, 5.74) is -0.00452. The number of piperidine rings is 1. The standard InChI is InChI=1S/C17H21N5O2S/c1-20-6-4-18-14(20)9-12-3-2-5-21(11-12)15(23)13-10-19-17-22(16(13)24)7-8-25-17/h4,6,10,12H,2-3,5,7-9,11H2,1H3. The molecule has 1 atom stereocenters. The zero-order valence-electron chi connectivity index (χ0n) is 14.2. The maximum absolute atomic E-state index is 12.9. The quantitative estimate of drug-likeness (QED) is 0.770. The van der Waals surface area contributed by atoms with Crippen LogP contribution in [-0.2, 0) is 20.0 Å². The summed E-state index contributed by atoms with van der Waals surface area (Å²) in [7, 11) is 1.99. The van der Waals surface area contributed by atoms with Gasteiger partial charge < -0.3 is 9.47 Å². The van der Waals surface area contributed by atoms with Gasteiger partial charge in [-0.2, -0.15) is 0 Å². The van der Waals surface area contributed by atoms with Gasteiger partial charge >= 0.3 is 0 Å². The van der Waals surface area contributed by atoms with E-state index < -0.39 is 0 Å². The molecular formula is C17H21N5O2S. The molecule has 0 radical (unpaired) electrons. The van der Waals surface area contributed by atoms with Gasteiger partial charge in [-0.3, -0.25) is 14.2 Å². The zero-order valence-corrected chi connectivity index (χ0v) is 15.0. The highest BCUT2D eigenvalue weighted by Crippen LogP contribution is 2.23. The Balaban J connectivity index is 1.51. The minimum absolute atomic E-state index is 0.186. The number of likely N-dealkylation sites (tertiary alicyclic amines) is 1. The molecule has 4 heterocycles. The maximum atomic E-state index is 12.9. The third-order valence-corrected chi connectivity index (χ3v) is 5.96. The van der Waals surface area contributed by atoms with E-state index in [1.54, 1.807) is 22.5 Å². The van der Waals surface area contributed by atoms with Crippen molar-refractivity contribution in [2.45, 2.75) is 31.0 Å². The summed E-state index contributed by atoms with van der Waals surface area (Å²) in [5.74, 6) is 2.07. The van der Waals surface area contributed by atoms with Gasteiger partial charge in [0.25, 0.3) is 11.5 Å². The Bertz CT molecular complexity index is 859. The molecule has 2 aliphatic heterocycles. The Hall–Kier alpha value is -2.09. The minimum Gasteiger partial charge on any atom is -0.338 e. The van der Waals surface area contributed by atoms with Crippen molar-refractivity contribution in [2.75, 3.05) is 18.8 Å². The van der Waals surface area contributed by atoms with Crippen LogP contribution in [0.15, 0.2) is 28.5 Å². The fourth-order valence-corrected chi connectivity index (χ4v) is 4.52. The monoisotopic (exact) mass is 359 g/mol. The first-order valence-electron chi connectivity index (χ1n) is 8.61. The predicted molar refractivity (Wildman–Crippen MR) is 94.8 cm³/mol. The lowest BCUT2D eigenvalue weighted by Crippen LogP contribution is -2.43. The number of aromatic nitrogens is 4. The topological polar surface area (TPSA) is 73.0 Å². The number of fused-ring (bicyclic) bond motifs is 1. The SMILES string of the molecule is Cn1ccnc1CC1CCCN(C(=O)c2cnc3n(c2=O)CCS3)C1. The van der Waals surface area contributed by atoms with Gasteiger partial charge in [-0.25, -0.2) is 9.97 Å². The number of hydrogen-bond donors (Lipinski definition) is 0. The highest BCUT2D eigenvalue weighted by molar-refractivity contribution is 7.99. The molecule has 0 spiro atoms. The van der Waals surface area contributed by atoms with Crippen LogP contribution in [-0.4, -0.2) is 48.8 Å². The third-order valence-electron chi connectivity index (χ3n) is 4.99. The Morgan fingerprint density at radius 1 is 1.36 bits per heavy atom. The first kappa shape index (κ1) is 16.4.